The first-order valence-corrected chi connectivity index (χ1v) is 9.55. The van der Waals surface area contributed by atoms with Crippen LogP contribution in [0.1, 0.15) is 29.2 Å². The van der Waals surface area contributed by atoms with Gasteiger partial charge in [0.25, 0.3) is 0 Å². The third-order valence-electron chi connectivity index (χ3n) is 4.90. The zero-order valence-electron chi connectivity index (χ0n) is 15.6. The van der Waals surface area contributed by atoms with Crippen molar-refractivity contribution in [1.82, 2.24) is 5.32 Å². The lowest BCUT2D eigenvalue weighted by Gasteiger charge is -2.19. The summed E-state index contributed by atoms with van der Waals surface area (Å²) in [5, 5.41) is 3.21. The van der Waals surface area contributed by atoms with E-state index in [4.69, 9.17) is 9.47 Å². The van der Waals surface area contributed by atoms with Crippen LogP contribution >= 0.6 is 0 Å². The quantitative estimate of drug-likeness (QED) is 0.666. The number of benzene rings is 3. The molecule has 0 spiro atoms. The highest BCUT2D eigenvalue weighted by Gasteiger charge is 2.17. The molecule has 1 atom stereocenters. The smallest absolute Gasteiger partial charge is 0.231 e. The average Bonchev–Trinajstić information content (AvgIpc) is 3.21. The van der Waals surface area contributed by atoms with E-state index in [1.54, 1.807) is 0 Å². The van der Waals surface area contributed by atoms with Crippen LogP contribution in [0.5, 0.6) is 11.5 Å². The van der Waals surface area contributed by atoms with Gasteiger partial charge in [0.15, 0.2) is 11.5 Å². The lowest BCUT2D eigenvalue weighted by atomic mass is 9.98. The van der Waals surface area contributed by atoms with Crippen LogP contribution in [0, 0.1) is 0 Å². The molecule has 1 heterocycles. The molecule has 1 aliphatic rings. The molecule has 4 nitrogen and oxygen atoms in total. The van der Waals surface area contributed by atoms with Crippen LogP contribution in [-0.2, 0) is 17.6 Å². The molecule has 1 aliphatic heterocycles. The van der Waals surface area contributed by atoms with Gasteiger partial charge in [-0.1, -0.05) is 66.7 Å². The zero-order chi connectivity index (χ0) is 19.2. The molecule has 28 heavy (non-hydrogen) atoms. The number of ether oxygens (including phenoxy) is 2. The maximum absolute atomic E-state index is 12.7. The number of nitrogens with one attached hydrogen (secondary N) is 1. The number of rotatable bonds is 7. The standard InChI is InChI=1S/C24H23NO3/c26-24(14-12-19-11-13-22-23(16-19)28-17-27-22)25-21(20-9-5-2-6-10-20)15-18-7-3-1-4-8-18/h1-11,13,16,21H,12,14-15,17H2,(H,25,26)/t21-/m0/s1. The normalized spacial score (nSPS) is 13.1. The maximum atomic E-state index is 12.7. The van der Waals surface area contributed by atoms with Crippen LogP contribution in [0.3, 0.4) is 0 Å². The van der Waals surface area contributed by atoms with Crippen molar-refractivity contribution in [1.29, 1.82) is 0 Å². The van der Waals surface area contributed by atoms with Crippen molar-refractivity contribution in [3.05, 3.63) is 95.6 Å². The third kappa shape index (κ3) is 4.52. The number of amides is 1. The first-order valence-electron chi connectivity index (χ1n) is 9.55. The molecule has 0 aliphatic carbocycles. The van der Waals surface area contributed by atoms with Crippen molar-refractivity contribution in [3.8, 4) is 11.5 Å². The summed E-state index contributed by atoms with van der Waals surface area (Å²) in [7, 11) is 0. The summed E-state index contributed by atoms with van der Waals surface area (Å²) in [6.07, 6.45) is 1.85. The topological polar surface area (TPSA) is 47.6 Å². The molecule has 3 aromatic carbocycles. The Labute approximate surface area is 165 Å². The molecule has 0 bridgehead atoms. The van der Waals surface area contributed by atoms with E-state index in [0.29, 0.717) is 12.8 Å². The molecule has 3 aromatic rings. The van der Waals surface area contributed by atoms with E-state index in [0.717, 1.165) is 29.0 Å². The predicted octanol–water partition coefficient (Wildman–Crippen LogP) is 4.45. The molecule has 0 aromatic heterocycles. The molecule has 1 N–H and O–H groups in total. The lowest BCUT2D eigenvalue weighted by molar-refractivity contribution is -0.121. The highest BCUT2D eigenvalue weighted by molar-refractivity contribution is 5.76. The van der Waals surface area contributed by atoms with E-state index >= 15 is 0 Å². The second-order valence-corrected chi connectivity index (χ2v) is 6.91. The van der Waals surface area contributed by atoms with E-state index in [9.17, 15) is 4.79 Å². The molecule has 0 unspecified atom stereocenters. The molecule has 142 valence electrons. The van der Waals surface area contributed by atoms with Gasteiger partial charge in [-0.15, -0.1) is 0 Å². The fraction of sp³-hybridized carbons (Fsp3) is 0.208. The second-order valence-electron chi connectivity index (χ2n) is 6.91. The minimum Gasteiger partial charge on any atom is -0.454 e. The minimum absolute atomic E-state index is 0.0439. The third-order valence-corrected chi connectivity index (χ3v) is 4.90. The molecule has 4 heteroatoms. The Bertz CT molecular complexity index is 925. The van der Waals surface area contributed by atoms with Gasteiger partial charge < -0.3 is 14.8 Å². The SMILES string of the molecule is O=C(CCc1ccc2c(c1)OCO2)N[C@@H](Cc1ccccc1)c1ccccc1. The predicted molar refractivity (Wildman–Crippen MR) is 108 cm³/mol. The minimum atomic E-state index is -0.0483. The molecule has 0 fully saturated rings. The van der Waals surface area contributed by atoms with Gasteiger partial charge in [-0.25, -0.2) is 0 Å². The number of fused-ring (bicyclic) bond motifs is 1. The van der Waals surface area contributed by atoms with Crippen LogP contribution < -0.4 is 14.8 Å². The van der Waals surface area contributed by atoms with E-state index in [-0.39, 0.29) is 18.7 Å². The molecule has 4 rings (SSSR count). The number of carbonyl (C=O) groups is 1. The van der Waals surface area contributed by atoms with Crippen LogP contribution in [0.15, 0.2) is 78.9 Å². The van der Waals surface area contributed by atoms with Gasteiger partial charge in [-0.3, -0.25) is 4.79 Å². The van der Waals surface area contributed by atoms with Crippen LogP contribution in [0.25, 0.3) is 0 Å². The molecule has 0 saturated heterocycles. The van der Waals surface area contributed by atoms with Crippen molar-refractivity contribution < 1.29 is 14.3 Å². The largest absolute Gasteiger partial charge is 0.454 e. The van der Waals surface area contributed by atoms with Gasteiger partial charge in [0.2, 0.25) is 12.7 Å². The summed E-state index contributed by atoms with van der Waals surface area (Å²) in [4.78, 5) is 12.7. The van der Waals surface area contributed by atoms with Crippen molar-refractivity contribution in [2.24, 2.45) is 0 Å². The Kier molecular flexibility index (Phi) is 5.57. The van der Waals surface area contributed by atoms with Gasteiger partial charge in [-0.2, -0.15) is 0 Å². The van der Waals surface area contributed by atoms with Gasteiger partial charge >= 0.3 is 0 Å². The summed E-state index contributed by atoms with van der Waals surface area (Å²) in [5.41, 5.74) is 3.38. The monoisotopic (exact) mass is 373 g/mol. The molecule has 0 saturated carbocycles. The molecule has 1 amide bonds. The van der Waals surface area contributed by atoms with Gasteiger partial charge in [0, 0.05) is 6.42 Å². The Morgan fingerprint density at radius 3 is 2.36 bits per heavy atom. The fourth-order valence-corrected chi connectivity index (χ4v) is 3.41. The lowest BCUT2D eigenvalue weighted by Crippen LogP contribution is -2.30. The summed E-state index contributed by atoms with van der Waals surface area (Å²) >= 11 is 0. The summed E-state index contributed by atoms with van der Waals surface area (Å²) < 4.78 is 10.7. The number of aryl methyl sites for hydroxylation is 1. The highest BCUT2D eigenvalue weighted by Crippen LogP contribution is 2.32. The average molecular weight is 373 g/mol. The van der Waals surface area contributed by atoms with Crippen molar-refractivity contribution in [2.75, 3.05) is 6.79 Å². The Morgan fingerprint density at radius 1 is 0.857 bits per heavy atom. The van der Waals surface area contributed by atoms with E-state index in [1.807, 2.05) is 54.6 Å². The van der Waals surface area contributed by atoms with Crippen molar-refractivity contribution in [3.63, 3.8) is 0 Å². The highest BCUT2D eigenvalue weighted by atomic mass is 16.7. The second kappa shape index (κ2) is 8.61. The summed E-state index contributed by atoms with van der Waals surface area (Å²) in [5.74, 6) is 1.56. The van der Waals surface area contributed by atoms with Crippen LogP contribution in [0.4, 0.5) is 0 Å². The first kappa shape index (κ1) is 18.1. The molecule has 0 radical (unpaired) electrons. The van der Waals surface area contributed by atoms with E-state index in [2.05, 4.69) is 29.6 Å². The number of hydrogen-bond acceptors (Lipinski definition) is 3. The van der Waals surface area contributed by atoms with Gasteiger partial charge in [0.1, 0.15) is 0 Å². The Hall–Kier alpha value is -3.27. The zero-order valence-corrected chi connectivity index (χ0v) is 15.6. The number of hydrogen-bond donors (Lipinski definition) is 1. The van der Waals surface area contributed by atoms with Crippen molar-refractivity contribution in [2.45, 2.75) is 25.3 Å². The molecular formula is C24H23NO3. The van der Waals surface area contributed by atoms with Gasteiger partial charge in [0.05, 0.1) is 6.04 Å². The molecular weight excluding hydrogens is 350 g/mol. The Balaban J connectivity index is 1.40. The summed E-state index contributed by atoms with van der Waals surface area (Å²) in [6.45, 7) is 0.261. The Morgan fingerprint density at radius 2 is 1.57 bits per heavy atom. The van der Waals surface area contributed by atoms with Gasteiger partial charge in [-0.05, 0) is 41.7 Å². The fourth-order valence-electron chi connectivity index (χ4n) is 3.41. The van der Waals surface area contributed by atoms with Crippen LogP contribution in [-0.4, -0.2) is 12.7 Å². The number of carbonyl (C=O) groups excluding carboxylic acids is 1. The summed E-state index contributed by atoms with van der Waals surface area (Å²) in [6, 6.07) is 26.2. The van der Waals surface area contributed by atoms with Crippen LogP contribution in [0.2, 0.25) is 0 Å². The first-order chi connectivity index (χ1) is 13.8. The van der Waals surface area contributed by atoms with E-state index < -0.39 is 0 Å². The van der Waals surface area contributed by atoms with Crippen molar-refractivity contribution >= 4 is 5.91 Å². The van der Waals surface area contributed by atoms with E-state index in [1.165, 1.54) is 5.56 Å². The maximum Gasteiger partial charge on any atom is 0.231 e.